The van der Waals surface area contributed by atoms with Crippen molar-refractivity contribution in [1.82, 2.24) is 10.2 Å². The van der Waals surface area contributed by atoms with Crippen LogP contribution in [0.15, 0.2) is 0 Å². The number of carbonyl (C=O) groups is 1. The van der Waals surface area contributed by atoms with Crippen LogP contribution >= 0.6 is 0 Å². The second-order valence-corrected chi connectivity index (χ2v) is 6.31. The molecule has 1 N–H and O–H groups in total. The van der Waals surface area contributed by atoms with E-state index in [1.54, 1.807) is 0 Å². The Morgan fingerprint density at radius 3 is 2.28 bits per heavy atom. The molecule has 0 aromatic carbocycles. The van der Waals surface area contributed by atoms with Crippen molar-refractivity contribution >= 4 is 5.91 Å². The van der Waals surface area contributed by atoms with Crippen molar-refractivity contribution in [3.63, 3.8) is 0 Å². The van der Waals surface area contributed by atoms with Gasteiger partial charge in [0.1, 0.15) is 0 Å². The smallest absolute Gasteiger partial charge is 0.224 e. The molecule has 0 aliphatic carbocycles. The molecule has 3 nitrogen and oxygen atoms in total. The SMILES string of the molecule is CCCCCN(C(=O)CCNC(C)(C)C)C(C)C. The third kappa shape index (κ3) is 8.51. The third-order valence-electron chi connectivity index (χ3n) is 2.94. The van der Waals surface area contributed by atoms with Crippen LogP contribution in [0.3, 0.4) is 0 Å². The highest BCUT2D eigenvalue weighted by Gasteiger charge is 2.17. The van der Waals surface area contributed by atoms with E-state index in [2.05, 4.69) is 46.9 Å². The predicted molar refractivity (Wildman–Crippen MR) is 78.7 cm³/mol. The number of amides is 1. The van der Waals surface area contributed by atoms with Crippen LogP contribution in [-0.2, 0) is 4.79 Å². The van der Waals surface area contributed by atoms with Crippen LogP contribution in [0, 0.1) is 0 Å². The lowest BCUT2D eigenvalue weighted by Gasteiger charge is -2.28. The first-order valence-electron chi connectivity index (χ1n) is 7.32. The second kappa shape index (κ2) is 8.52. The Hall–Kier alpha value is -0.570. The van der Waals surface area contributed by atoms with Crippen molar-refractivity contribution in [2.24, 2.45) is 0 Å². The number of nitrogens with one attached hydrogen (secondary N) is 1. The van der Waals surface area contributed by atoms with E-state index in [4.69, 9.17) is 0 Å². The van der Waals surface area contributed by atoms with Gasteiger partial charge in [-0.25, -0.2) is 0 Å². The molecule has 0 saturated heterocycles. The van der Waals surface area contributed by atoms with Gasteiger partial charge in [-0.2, -0.15) is 0 Å². The van der Waals surface area contributed by atoms with E-state index in [0.29, 0.717) is 12.5 Å². The van der Waals surface area contributed by atoms with Gasteiger partial charge in [0.25, 0.3) is 0 Å². The largest absolute Gasteiger partial charge is 0.340 e. The summed E-state index contributed by atoms with van der Waals surface area (Å²) in [6, 6.07) is 0.309. The Kier molecular flexibility index (Phi) is 8.25. The van der Waals surface area contributed by atoms with Crippen molar-refractivity contribution < 1.29 is 4.79 Å². The molecule has 1 amide bonds. The zero-order chi connectivity index (χ0) is 14.2. The molecule has 0 saturated carbocycles. The lowest BCUT2D eigenvalue weighted by atomic mass is 10.1. The molecule has 0 rings (SSSR count). The second-order valence-electron chi connectivity index (χ2n) is 6.31. The standard InChI is InChI=1S/C15H32N2O/c1-7-8-9-12-17(13(2)3)14(18)10-11-16-15(4,5)6/h13,16H,7-12H2,1-6H3. The summed E-state index contributed by atoms with van der Waals surface area (Å²) < 4.78 is 0. The van der Waals surface area contributed by atoms with E-state index >= 15 is 0 Å². The summed E-state index contributed by atoms with van der Waals surface area (Å²) in [6.07, 6.45) is 4.12. The number of hydrogen-bond donors (Lipinski definition) is 1. The summed E-state index contributed by atoms with van der Waals surface area (Å²) >= 11 is 0. The number of unbranched alkanes of at least 4 members (excludes halogenated alkanes) is 2. The topological polar surface area (TPSA) is 32.3 Å². The zero-order valence-corrected chi connectivity index (χ0v) is 13.2. The van der Waals surface area contributed by atoms with Crippen LogP contribution in [0.5, 0.6) is 0 Å². The highest BCUT2D eigenvalue weighted by Crippen LogP contribution is 2.06. The maximum Gasteiger partial charge on any atom is 0.224 e. The van der Waals surface area contributed by atoms with E-state index in [1.807, 2.05) is 4.90 Å². The summed E-state index contributed by atoms with van der Waals surface area (Å²) in [4.78, 5) is 14.2. The Balaban J connectivity index is 4.06. The number of carbonyl (C=O) groups excluding carboxylic acids is 1. The van der Waals surface area contributed by atoms with Gasteiger partial charge in [-0.1, -0.05) is 19.8 Å². The molecule has 0 bridgehead atoms. The van der Waals surface area contributed by atoms with Crippen LogP contribution in [0.4, 0.5) is 0 Å². The Labute approximate surface area is 113 Å². The number of rotatable bonds is 8. The minimum absolute atomic E-state index is 0.0884. The summed E-state index contributed by atoms with van der Waals surface area (Å²) in [6.45, 7) is 14.4. The van der Waals surface area contributed by atoms with Gasteiger partial charge < -0.3 is 10.2 Å². The van der Waals surface area contributed by atoms with Crippen LogP contribution in [0.1, 0.15) is 67.2 Å². The highest BCUT2D eigenvalue weighted by molar-refractivity contribution is 5.76. The van der Waals surface area contributed by atoms with Gasteiger partial charge in [0, 0.05) is 31.1 Å². The number of hydrogen-bond acceptors (Lipinski definition) is 2. The molecular weight excluding hydrogens is 224 g/mol. The van der Waals surface area contributed by atoms with Crippen molar-refractivity contribution in [3.05, 3.63) is 0 Å². The average Bonchev–Trinajstić information content (AvgIpc) is 2.21. The van der Waals surface area contributed by atoms with Crippen LogP contribution in [0.2, 0.25) is 0 Å². The quantitative estimate of drug-likeness (QED) is 0.676. The van der Waals surface area contributed by atoms with Crippen molar-refractivity contribution in [1.29, 1.82) is 0 Å². The summed E-state index contributed by atoms with van der Waals surface area (Å²) in [5, 5.41) is 3.37. The summed E-state index contributed by atoms with van der Waals surface area (Å²) in [5.41, 5.74) is 0.0884. The van der Waals surface area contributed by atoms with E-state index in [-0.39, 0.29) is 11.4 Å². The van der Waals surface area contributed by atoms with Crippen LogP contribution in [0.25, 0.3) is 0 Å². The van der Waals surface area contributed by atoms with Gasteiger partial charge in [-0.15, -0.1) is 0 Å². The lowest BCUT2D eigenvalue weighted by molar-refractivity contribution is -0.132. The van der Waals surface area contributed by atoms with E-state index in [9.17, 15) is 4.79 Å². The Bertz CT molecular complexity index is 231. The van der Waals surface area contributed by atoms with Gasteiger partial charge in [0.2, 0.25) is 5.91 Å². The van der Waals surface area contributed by atoms with Gasteiger partial charge in [0.15, 0.2) is 0 Å². The molecule has 0 radical (unpaired) electrons. The van der Waals surface area contributed by atoms with Crippen molar-refractivity contribution in [2.45, 2.75) is 78.8 Å². The molecule has 0 aliphatic heterocycles. The lowest BCUT2D eigenvalue weighted by Crippen LogP contribution is -2.42. The molecule has 0 unspecified atom stereocenters. The molecule has 3 heteroatoms. The van der Waals surface area contributed by atoms with Crippen molar-refractivity contribution in [2.75, 3.05) is 13.1 Å². The molecule has 0 aliphatic rings. The molecule has 0 heterocycles. The number of nitrogens with zero attached hydrogens (tertiary/aromatic N) is 1. The van der Waals surface area contributed by atoms with Gasteiger partial charge in [0.05, 0.1) is 0 Å². The first-order valence-corrected chi connectivity index (χ1v) is 7.32. The molecule has 0 atom stereocenters. The molecule has 18 heavy (non-hydrogen) atoms. The highest BCUT2D eigenvalue weighted by atomic mass is 16.2. The fourth-order valence-electron chi connectivity index (χ4n) is 1.89. The molecular formula is C15H32N2O. The summed E-state index contributed by atoms with van der Waals surface area (Å²) in [5.74, 6) is 0.276. The monoisotopic (exact) mass is 256 g/mol. The molecule has 108 valence electrons. The first-order chi connectivity index (χ1) is 8.28. The third-order valence-corrected chi connectivity index (χ3v) is 2.94. The Morgan fingerprint density at radius 1 is 1.22 bits per heavy atom. The summed E-state index contributed by atoms with van der Waals surface area (Å²) in [7, 11) is 0. The average molecular weight is 256 g/mol. The van der Waals surface area contributed by atoms with E-state index in [1.165, 1.54) is 12.8 Å². The maximum atomic E-state index is 12.2. The minimum Gasteiger partial charge on any atom is -0.340 e. The predicted octanol–water partition coefficient (Wildman–Crippen LogP) is 3.19. The molecule has 0 aromatic heterocycles. The molecule has 0 aromatic rings. The normalized spacial score (nSPS) is 11.9. The van der Waals surface area contributed by atoms with Gasteiger partial charge >= 0.3 is 0 Å². The zero-order valence-electron chi connectivity index (χ0n) is 13.2. The van der Waals surface area contributed by atoms with Crippen molar-refractivity contribution in [3.8, 4) is 0 Å². The fraction of sp³-hybridized carbons (Fsp3) is 0.933. The molecule has 0 spiro atoms. The van der Waals surface area contributed by atoms with E-state index in [0.717, 1.165) is 19.5 Å². The van der Waals surface area contributed by atoms with Gasteiger partial charge in [-0.3, -0.25) is 4.79 Å². The molecule has 0 fully saturated rings. The van der Waals surface area contributed by atoms with Crippen LogP contribution < -0.4 is 5.32 Å². The first kappa shape index (κ1) is 17.4. The Morgan fingerprint density at radius 2 is 1.83 bits per heavy atom. The van der Waals surface area contributed by atoms with E-state index < -0.39 is 0 Å². The minimum atomic E-state index is 0.0884. The van der Waals surface area contributed by atoms with Gasteiger partial charge in [-0.05, 0) is 41.0 Å². The van der Waals surface area contributed by atoms with Crippen LogP contribution in [-0.4, -0.2) is 35.5 Å². The maximum absolute atomic E-state index is 12.2. The fourth-order valence-corrected chi connectivity index (χ4v) is 1.89.